The van der Waals surface area contributed by atoms with Crippen molar-refractivity contribution in [1.29, 1.82) is 0 Å². The zero-order valence-electron chi connectivity index (χ0n) is 11.0. The van der Waals surface area contributed by atoms with Crippen molar-refractivity contribution in [2.24, 2.45) is 0 Å². The number of carboxylic acids is 1. The third-order valence-corrected chi connectivity index (χ3v) is 2.91. The van der Waals surface area contributed by atoms with Gasteiger partial charge in [0.1, 0.15) is 5.69 Å². The number of methoxy groups -OCH3 is 1. The van der Waals surface area contributed by atoms with E-state index in [1.165, 1.54) is 7.11 Å². The molecule has 0 spiro atoms. The highest BCUT2D eigenvalue weighted by molar-refractivity contribution is 5.92. The number of ether oxygens (including phenoxy) is 1. The van der Waals surface area contributed by atoms with Gasteiger partial charge in [-0.25, -0.2) is 4.79 Å². The van der Waals surface area contributed by atoms with Gasteiger partial charge in [-0.1, -0.05) is 0 Å². The lowest BCUT2D eigenvalue weighted by Crippen LogP contribution is -2.13. The Kier molecular flexibility index (Phi) is 4.82. The second-order valence-corrected chi connectivity index (χ2v) is 4.05. The maximum Gasteiger partial charge on any atom is 0.336 e. The van der Waals surface area contributed by atoms with E-state index in [1.54, 1.807) is 13.8 Å². The first-order valence-corrected chi connectivity index (χ1v) is 5.64. The van der Waals surface area contributed by atoms with Crippen LogP contribution in [0.3, 0.4) is 0 Å². The molecular weight excluding hydrogens is 252 g/mol. The minimum absolute atomic E-state index is 0.0542. The molecule has 0 saturated heterocycles. The molecule has 1 rings (SSSR count). The summed E-state index contributed by atoms with van der Waals surface area (Å²) in [7, 11) is 1.53. The molecular formula is C12H16N2O5. The van der Waals surface area contributed by atoms with Gasteiger partial charge in [-0.3, -0.25) is 10.1 Å². The van der Waals surface area contributed by atoms with Crippen molar-refractivity contribution >= 4 is 17.3 Å². The molecule has 0 aliphatic heterocycles. The van der Waals surface area contributed by atoms with Crippen LogP contribution in [0, 0.1) is 24.0 Å². The third-order valence-electron chi connectivity index (χ3n) is 2.91. The summed E-state index contributed by atoms with van der Waals surface area (Å²) in [6, 6.07) is 1.08. The second kappa shape index (κ2) is 6.14. The molecule has 0 aromatic heterocycles. The van der Waals surface area contributed by atoms with Gasteiger partial charge in [0.25, 0.3) is 5.69 Å². The van der Waals surface area contributed by atoms with E-state index in [9.17, 15) is 14.9 Å². The number of carbonyl (C=O) groups is 1. The number of carboxylic acid groups (broad SMARTS) is 1. The Morgan fingerprint density at radius 3 is 2.58 bits per heavy atom. The molecule has 0 bridgehead atoms. The van der Waals surface area contributed by atoms with Crippen LogP contribution in [0.15, 0.2) is 6.07 Å². The molecule has 1 aromatic rings. The van der Waals surface area contributed by atoms with Gasteiger partial charge < -0.3 is 15.2 Å². The normalized spacial score (nSPS) is 10.3. The average molecular weight is 268 g/mol. The van der Waals surface area contributed by atoms with Crippen LogP contribution in [-0.4, -0.2) is 36.3 Å². The molecule has 0 radical (unpaired) electrons. The molecule has 19 heavy (non-hydrogen) atoms. The van der Waals surface area contributed by atoms with Crippen LogP contribution in [-0.2, 0) is 4.74 Å². The van der Waals surface area contributed by atoms with Gasteiger partial charge in [0, 0.05) is 19.7 Å². The van der Waals surface area contributed by atoms with E-state index >= 15 is 0 Å². The molecule has 0 saturated carbocycles. The number of nitrogens with zero attached hydrogens (tertiary/aromatic N) is 1. The summed E-state index contributed by atoms with van der Waals surface area (Å²) in [5.74, 6) is -1.17. The number of nitrogens with one attached hydrogen (secondary N) is 1. The molecule has 0 heterocycles. The van der Waals surface area contributed by atoms with Crippen LogP contribution in [0.5, 0.6) is 0 Å². The fourth-order valence-corrected chi connectivity index (χ4v) is 1.77. The topological polar surface area (TPSA) is 102 Å². The molecule has 104 valence electrons. The molecule has 0 amide bonds. The number of nitro groups is 1. The van der Waals surface area contributed by atoms with E-state index in [2.05, 4.69) is 5.32 Å². The van der Waals surface area contributed by atoms with Crippen LogP contribution in [0.1, 0.15) is 21.5 Å². The number of nitro benzene ring substituents is 1. The fourth-order valence-electron chi connectivity index (χ4n) is 1.77. The lowest BCUT2D eigenvalue weighted by atomic mass is 10.00. The van der Waals surface area contributed by atoms with Gasteiger partial charge in [0.05, 0.1) is 17.1 Å². The van der Waals surface area contributed by atoms with E-state index in [4.69, 9.17) is 9.84 Å². The fraction of sp³-hybridized carbons (Fsp3) is 0.417. The lowest BCUT2D eigenvalue weighted by Gasteiger charge is -2.13. The van der Waals surface area contributed by atoms with Crippen LogP contribution in [0.2, 0.25) is 0 Å². The Bertz CT molecular complexity index is 513. The maximum absolute atomic E-state index is 11.1. The highest BCUT2D eigenvalue weighted by Crippen LogP contribution is 2.32. The van der Waals surface area contributed by atoms with Crippen molar-refractivity contribution in [2.45, 2.75) is 13.8 Å². The third kappa shape index (κ3) is 3.19. The van der Waals surface area contributed by atoms with Gasteiger partial charge in [-0.15, -0.1) is 0 Å². The van der Waals surface area contributed by atoms with E-state index < -0.39 is 10.9 Å². The Balaban J connectivity index is 3.31. The standard InChI is InChI=1S/C12H16N2O5/c1-7-8(2)11(13-4-5-19-3)10(14(17)18)6-9(7)12(15)16/h6,13H,4-5H2,1-3H3,(H,15,16). The average Bonchev–Trinajstić information content (AvgIpc) is 2.34. The molecule has 0 aliphatic rings. The lowest BCUT2D eigenvalue weighted by molar-refractivity contribution is -0.384. The molecule has 0 aliphatic carbocycles. The maximum atomic E-state index is 11.1. The number of benzene rings is 1. The summed E-state index contributed by atoms with van der Waals surface area (Å²) in [5, 5.41) is 23.0. The summed E-state index contributed by atoms with van der Waals surface area (Å²) < 4.78 is 4.87. The van der Waals surface area contributed by atoms with Gasteiger partial charge in [0.2, 0.25) is 0 Å². The first kappa shape index (κ1) is 14.9. The smallest absolute Gasteiger partial charge is 0.336 e. The van der Waals surface area contributed by atoms with Gasteiger partial charge >= 0.3 is 5.97 Å². The second-order valence-electron chi connectivity index (χ2n) is 4.05. The van der Waals surface area contributed by atoms with Crippen LogP contribution < -0.4 is 5.32 Å². The largest absolute Gasteiger partial charge is 0.478 e. The number of rotatable bonds is 6. The highest BCUT2D eigenvalue weighted by atomic mass is 16.6. The Morgan fingerprint density at radius 2 is 2.11 bits per heavy atom. The van der Waals surface area contributed by atoms with Crippen molar-refractivity contribution in [1.82, 2.24) is 0 Å². The first-order valence-electron chi connectivity index (χ1n) is 5.64. The predicted molar refractivity (Wildman–Crippen MR) is 69.9 cm³/mol. The molecule has 0 fully saturated rings. The molecule has 7 heteroatoms. The minimum Gasteiger partial charge on any atom is -0.478 e. The quantitative estimate of drug-likeness (QED) is 0.464. The van der Waals surface area contributed by atoms with Crippen molar-refractivity contribution < 1.29 is 19.6 Å². The molecule has 2 N–H and O–H groups in total. The zero-order chi connectivity index (χ0) is 14.6. The van der Waals surface area contributed by atoms with E-state index in [-0.39, 0.29) is 11.3 Å². The van der Waals surface area contributed by atoms with Crippen molar-refractivity contribution in [2.75, 3.05) is 25.6 Å². The summed E-state index contributed by atoms with van der Waals surface area (Å²) in [6.07, 6.45) is 0. The predicted octanol–water partition coefficient (Wildman–Crippen LogP) is 1.97. The van der Waals surface area contributed by atoms with E-state index in [0.717, 1.165) is 6.07 Å². The SMILES string of the molecule is COCCNc1c([N+](=O)[O-])cc(C(=O)O)c(C)c1C. The van der Waals surface area contributed by atoms with E-state index in [1.807, 2.05) is 0 Å². The van der Waals surface area contributed by atoms with Crippen LogP contribution in [0.4, 0.5) is 11.4 Å². The Morgan fingerprint density at radius 1 is 1.47 bits per heavy atom. The van der Waals surface area contributed by atoms with Crippen LogP contribution >= 0.6 is 0 Å². The highest BCUT2D eigenvalue weighted by Gasteiger charge is 2.23. The van der Waals surface area contributed by atoms with Crippen molar-refractivity contribution in [3.05, 3.63) is 32.9 Å². The van der Waals surface area contributed by atoms with Crippen LogP contribution in [0.25, 0.3) is 0 Å². The summed E-state index contributed by atoms with van der Waals surface area (Å²) >= 11 is 0. The summed E-state index contributed by atoms with van der Waals surface area (Å²) in [5.41, 5.74) is 1.11. The first-order chi connectivity index (χ1) is 8.90. The zero-order valence-corrected chi connectivity index (χ0v) is 11.0. The van der Waals surface area contributed by atoms with E-state index in [0.29, 0.717) is 30.0 Å². The van der Waals surface area contributed by atoms with Gasteiger partial charge in [0.15, 0.2) is 0 Å². The number of aromatic carboxylic acids is 1. The molecule has 0 unspecified atom stereocenters. The van der Waals surface area contributed by atoms with Gasteiger partial charge in [-0.2, -0.15) is 0 Å². The monoisotopic (exact) mass is 268 g/mol. The number of hydrogen-bond acceptors (Lipinski definition) is 5. The summed E-state index contributed by atoms with van der Waals surface area (Å²) in [4.78, 5) is 21.5. The van der Waals surface area contributed by atoms with Crippen molar-refractivity contribution in [3.63, 3.8) is 0 Å². The molecule has 0 atom stereocenters. The van der Waals surface area contributed by atoms with Gasteiger partial charge in [-0.05, 0) is 25.0 Å². The summed E-state index contributed by atoms with van der Waals surface area (Å²) in [6.45, 7) is 4.09. The molecule has 1 aromatic carbocycles. The number of anilines is 1. The Hall–Kier alpha value is -2.15. The van der Waals surface area contributed by atoms with Crippen molar-refractivity contribution in [3.8, 4) is 0 Å². The Labute approximate surface area is 110 Å². The number of hydrogen-bond donors (Lipinski definition) is 2. The minimum atomic E-state index is -1.17. The molecule has 7 nitrogen and oxygen atoms in total.